The van der Waals surface area contributed by atoms with Gasteiger partial charge in [0, 0.05) is 0 Å². The first-order valence-corrected chi connectivity index (χ1v) is 4.89. The number of alkyl halides is 1. The van der Waals surface area contributed by atoms with Crippen LogP contribution in [0, 0.1) is 0 Å². The van der Waals surface area contributed by atoms with Gasteiger partial charge in [-0.15, -0.1) is 0 Å². The van der Waals surface area contributed by atoms with Gasteiger partial charge in [0.15, 0.2) is 11.5 Å². The molecule has 15 heavy (non-hydrogen) atoms. The lowest BCUT2D eigenvalue weighted by Crippen LogP contribution is -2.16. The molecule has 1 aromatic carbocycles. The van der Waals surface area contributed by atoms with E-state index in [1.54, 1.807) is 12.1 Å². The molecule has 1 aliphatic rings. The summed E-state index contributed by atoms with van der Waals surface area (Å²) in [6, 6.07) is 3.24. The monoisotopic (exact) mass is 212 g/mol. The quantitative estimate of drug-likeness (QED) is 0.814. The summed E-state index contributed by atoms with van der Waals surface area (Å²) in [6.45, 7) is 2.21. The molecule has 0 bridgehead atoms. The van der Waals surface area contributed by atoms with Crippen LogP contribution in [0.25, 0.3) is 0 Å². The lowest BCUT2D eigenvalue weighted by Gasteiger charge is -2.21. The predicted octanol–water partition coefficient (Wildman–Crippen LogP) is 1.98. The number of rotatable bonds is 2. The lowest BCUT2D eigenvalue weighted by atomic mass is 10.0. The van der Waals surface area contributed by atoms with Crippen LogP contribution in [0.15, 0.2) is 12.1 Å². The van der Waals surface area contributed by atoms with Gasteiger partial charge in [-0.1, -0.05) is 0 Å². The second-order valence-electron chi connectivity index (χ2n) is 3.47. The van der Waals surface area contributed by atoms with Crippen molar-refractivity contribution < 1.29 is 19.0 Å². The number of aliphatic hydroxyl groups excluding tert-OH is 1. The average molecular weight is 212 g/mol. The van der Waals surface area contributed by atoms with E-state index in [-0.39, 0.29) is 6.61 Å². The number of ether oxygens (including phenoxy) is 2. The maximum absolute atomic E-state index is 13.2. The van der Waals surface area contributed by atoms with Crippen LogP contribution in [0.1, 0.15) is 24.2 Å². The molecule has 3 nitrogen and oxygen atoms in total. The van der Waals surface area contributed by atoms with Gasteiger partial charge in [-0.3, -0.25) is 0 Å². The molecule has 0 saturated carbocycles. The van der Waals surface area contributed by atoms with E-state index >= 15 is 0 Å². The van der Waals surface area contributed by atoms with Crippen molar-refractivity contribution in [1.29, 1.82) is 0 Å². The highest BCUT2D eigenvalue weighted by atomic mass is 19.1. The molecule has 82 valence electrons. The molecule has 0 aliphatic carbocycles. The van der Waals surface area contributed by atoms with Crippen LogP contribution in [-0.4, -0.2) is 18.3 Å². The SMILES string of the molecule is CC(F)c1cc2c(cc1CO)OCCO2. The van der Waals surface area contributed by atoms with Gasteiger partial charge in [-0.05, 0) is 30.2 Å². The van der Waals surface area contributed by atoms with Crippen molar-refractivity contribution in [3.05, 3.63) is 23.3 Å². The largest absolute Gasteiger partial charge is 0.486 e. The Labute approximate surface area is 87.4 Å². The summed E-state index contributed by atoms with van der Waals surface area (Å²) in [5.41, 5.74) is 1.01. The van der Waals surface area contributed by atoms with Crippen molar-refractivity contribution in [2.24, 2.45) is 0 Å². The van der Waals surface area contributed by atoms with Crippen molar-refractivity contribution in [2.45, 2.75) is 19.7 Å². The molecule has 1 aromatic rings. The normalized spacial score (nSPS) is 16.2. The third-order valence-corrected chi connectivity index (χ3v) is 2.40. The predicted molar refractivity (Wildman–Crippen MR) is 52.9 cm³/mol. The van der Waals surface area contributed by atoms with E-state index in [0.29, 0.717) is 35.8 Å². The third kappa shape index (κ3) is 1.90. The molecular formula is C11H13FO3. The maximum Gasteiger partial charge on any atom is 0.161 e. The van der Waals surface area contributed by atoms with Crippen LogP contribution in [0.2, 0.25) is 0 Å². The molecule has 0 spiro atoms. The fourth-order valence-corrected chi connectivity index (χ4v) is 1.65. The molecule has 1 N–H and O–H groups in total. The molecule has 2 rings (SSSR count). The number of hydrogen-bond acceptors (Lipinski definition) is 3. The molecule has 1 aliphatic heterocycles. The number of fused-ring (bicyclic) bond motifs is 1. The van der Waals surface area contributed by atoms with Crippen LogP contribution in [0.5, 0.6) is 11.5 Å². The van der Waals surface area contributed by atoms with Gasteiger partial charge >= 0.3 is 0 Å². The van der Waals surface area contributed by atoms with Crippen LogP contribution < -0.4 is 9.47 Å². The number of halogens is 1. The number of benzene rings is 1. The van der Waals surface area contributed by atoms with Crippen LogP contribution in [0.4, 0.5) is 4.39 Å². The number of aliphatic hydroxyl groups is 1. The molecular weight excluding hydrogens is 199 g/mol. The average Bonchev–Trinajstić information content (AvgIpc) is 2.27. The Morgan fingerprint density at radius 3 is 2.47 bits per heavy atom. The zero-order valence-corrected chi connectivity index (χ0v) is 8.50. The molecule has 0 amide bonds. The summed E-state index contributed by atoms with van der Waals surface area (Å²) in [5, 5.41) is 9.11. The van der Waals surface area contributed by atoms with Gasteiger partial charge in [0.05, 0.1) is 6.61 Å². The van der Waals surface area contributed by atoms with Crippen LogP contribution in [-0.2, 0) is 6.61 Å². The molecule has 1 unspecified atom stereocenters. The Balaban J connectivity index is 2.46. The van der Waals surface area contributed by atoms with Crippen molar-refractivity contribution in [3.8, 4) is 11.5 Å². The Morgan fingerprint density at radius 2 is 1.93 bits per heavy atom. The minimum absolute atomic E-state index is 0.194. The summed E-state index contributed by atoms with van der Waals surface area (Å²) >= 11 is 0. The van der Waals surface area contributed by atoms with E-state index in [2.05, 4.69) is 0 Å². The summed E-state index contributed by atoms with van der Waals surface area (Å²) in [6.07, 6.45) is -1.12. The summed E-state index contributed by atoms with van der Waals surface area (Å²) < 4.78 is 23.9. The smallest absolute Gasteiger partial charge is 0.161 e. The summed E-state index contributed by atoms with van der Waals surface area (Å²) in [4.78, 5) is 0. The van der Waals surface area contributed by atoms with E-state index in [0.717, 1.165) is 0 Å². The summed E-state index contributed by atoms with van der Waals surface area (Å²) in [7, 11) is 0. The van der Waals surface area contributed by atoms with E-state index in [1.807, 2.05) is 0 Å². The Kier molecular flexibility index (Phi) is 2.77. The van der Waals surface area contributed by atoms with Gasteiger partial charge < -0.3 is 14.6 Å². The standard InChI is InChI=1S/C11H13FO3/c1-7(12)9-5-11-10(4-8(9)6-13)14-2-3-15-11/h4-5,7,13H,2-3,6H2,1H3. The second kappa shape index (κ2) is 4.06. The first-order valence-electron chi connectivity index (χ1n) is 4.89. The maximum atomic E-state index is 13.2. The first-order chi connectivity index (χ1) is 7.22. The molecule has 0 radical (unpaired) electrons. The van der Waals surface area contributed by atoms with Gasteiger partial charge in [-0.25, -0.2) is 4.39 Å². The summed E-state index contributed by atoms with van der Waals surface area (Å²) in [5.74, 6) is 1.13. The highest BCUT2D eigenvalue weighted by molar-refractivity contribution is 5.48. The van der Waals surface area contributed by atoms with Gasteiger partial charge in [0.1, 0.15) is 19.4 Å². The van der Waals surface area contributed by atoms with E-state index in [9.17, 15) is 4.39 Å². The van der Waals surface area contributed by atoms with Gasteiger partial charge in [-0.2, -0.15) is 0 Å². The van der Waals surface area contributed by atoms with Crippen LogP contribution >= 0.6 is 0 Å². The minimum Gasteiger partial charge on any atom is -0.486 e. The molecule has 1 atom stereocenters. The molecule has 0 saturated heterocycles. The highest BCUT2D eigenvalue weighted by Crippen LogP contribution is 2.36. The Bertz CT molecular complexity index is 363. The van der Waals surface area contributed by atoms with Gasteiger partial charge in [0.25, 0.3) is 0 Å². The fourth-order valence-electron chi connectivity index (χ4n) is 1.65. The third-order valence-electron chi connectivity index (χ3n) is 2.40. The number of hydrogen-bond donors (Lipinski definition) is 1. The Hall–Kier alpha value is -1.29. The fraction of sp³-hybridized carbons (Fsp3) is 0.455. The minimum atomic E-state index is -1.12. The molecule has 4 heteroatoms. The zero-order chi connectivity index (χ0) is 10.8. The van der Waals surface area contributed by atoms with Gasteiger partial charge in [0.2, 0.25) is 0 Å². The topological polar surface area (TPSA) is 38.7 Å². The Morgan fingerprint density at radius 1 is 1.33 bits per heavy atom. The molecule has 1 heterocycles. The second-order valence-corrected chi connectivity index (χ2v) is 3.47. The van der Waals surface area contributed by atoms with E-state index in [1.165, 1.54) is 6.92 Å². The van der Waals surface area contributed by atoms with Crippen molar-refractivity contribution in [1.82, 2.24) is 0 Å². The lowest BCUT2D eigenvalue weighted by molar-refractivity contribution is 0.170. The zero-order valence-electron chi connectivity index (χ0n) is 8.50. The van der Waals surface area contributed by atoms with E-state index < -0.39 is 6.17 Å². The van der Waals surface area contributed by atoms with E-state index in [4.69, 9.17) is 14.6 Å². The molecule has 0 aromatic heterocycles. The van der Waals surface area contributed by atoms with Crippen molar-refractivity contribution in [2.75, 3.05) is 13.2 Å². The molecule has 0 fully saturated rings. The van der Waals surface area contributed by atoms with Crippen molar-refractivity contribution >= 4 is 0 Å². The van der Waals surface area contributed by atoms with Crippen LogP contribution in [0.3, 0.4) is 0 Å². The first kappa shape index (κ1) is 10.2. The van der Waals surface area contributed by atoms with Crippen molar-refractivity contribution in [3.63, 3.8) is 0 Å². The highest BCUT2D eigenvalue weighted by Gasteiger charge is 2.18.